The molecule has 1 rings (SSSR count). The van der Waals surface area contributed by atoms with Crippen molar-refractivity contribution in [2.75, 3.05) is 18.1 Å². The third-order valence-corrected chi connectivity index (χ3v) is 3.98. The summed E-state index contributed by atoms with van der Waals surface area (Å²) in [6.07, 6.45) is 2.45. The highest BCUT2D eigenvalue weighted by Gasteiger charge is 2.19. The van der Waals surface area contributed by atoms with Crippen LogP contribution in [0.15, 0.2) is 0 Å². The summed E-state index contributed by atoms with van der Waals surface area (Å²) in [5.74, 6) is 3.35. The third-order valence-electron chi connectivity index (χ3n) is 2.93. The Bertz CT molecular complexity index is 203. The Morgan fingerprint density at radius 3 is 2.60 bits per heavy atom. The maximum Gasteiger partial charge on any atom is 0.237 e. The van der Waals surface area contributed by atoms with Crippen LogP contribution in [0.2, 0.25) is 0 Å². The van der Waals surface area contributed by atoms with E-state index < -0.39 is 0 Å². The van der Waals surface area contributed by atoms with Crippen molar-refractivity contribution in [1.82, 2.24) is 5.32 Å². The smallest absolute Gasteiger partial charge is 0.237 e. The van der Waals surface area contributed by atoms with E-state index in [-0.39, 0.29) is 17.9 Å². The van der Waals surface area contributed by atoms with Gasteiger partial charge in [-0.15, -0.1) is 0 Å². The Kier molecular flexibility index (Phi) is 5.47. The molecule has 0 bridgehead atoms. The van der Waals surface area contributed by atoms with E-state index >= 15 is 0 Å². The predicted molar refractivity (Wildman–Crippen MR) is 65.9 cm³/mol. The molecule has 3 N–H and O–H groups in total. The molecule has 1 fully saturated rings. The Hall–Kier alpha value is -0.220. The number of rotatable bonds is 4. The van der Waals surface area contributed by atoms with Gasteiger partial charge in [-0.1, -0.05) is 13.8 Å². The lowest BCUT2D eigenvalue weighted by Gasteiger charge is -2.23. The van der Waals surface area contributed by atoms with E-state index in [2.05, 4.69) is 5.32 Å². The van der Waals surface area contributed by atoms with Crippen molar-refractivity contribution in [3.63, 3.8) is 0 Å². The van der Waals surface area contributed by atoms with Crippen molar-refractivity contribution in [2.24, 2.45) is 17.6 Å². The van der Waals surface area contributed by atoms with Crippen molar-refractivity contribution >= 4 is 17.7 Å². The van der Waals surface area contributed by atoms with Crippen LogP contribution in [0.5, 0.6) is 0 Å². The van der Waals surface area contributed by atoms with Gasteiger partial charge in [0.1, 0.15) is 0 Å². The Morgan fingerprint density at radius 1 is 1.47 bits per heavy atom. The van der Waals surface area contributed by atoms with E-state index in [9.17, 15) is 4.79 Å². The summed E-state index contributed by atoms with van der Waals surface area (Å²) in [5, 5.41) is 2.96. The average molecular weight is 230 g/mol. The van der Waals surface area contributed by atoms with E-state index in [0.717, 1.165) is 6.54 Å². The Morgan fingerprint density at radius 2 is 2.07 bits per heavy atom. The molecular formula is C11H22N2OS. The summed E-state index contributed by atoms with van der Waals surface area (Å²) in [7, 11) is 0. The summed E-state index contributed by atoms with van der Waals surface area (Å²) < 4.78 is 0. The van der Waals surface area contributed by atoms with Crippen LogP contribution in [0.1, 0.15) is 26.7 Å². The van der Waals surface area contributed by atoms with Gasteiger partial charge in [-0.25, -0.2) is 0 Å². The number of carbonyl (C=O) groups is 1. The second-order valence-electron chi connectivity index (χ2n) is 4.57. The summed E-state index contributed by atoms with van der Waals surface area (Å²) in [5.41, 5.74) is 5.76. The number of nitrogens with two attached hydrogens (primary N) is 1. The highest BCUT2D eigenvalue weighted by atomic mass is 32.2. The quantitative estimate of drug-likeness (QED) is 0.764. The molecule has 4 heteroatoms. The fourth-order valence-corrected chi connectivity index (χ4v) is 2.82. The minimum absolute atomic E-state index is 0.00299. The van der Waals surface area contributed by atoms with Crippen LogP contribution in [-0.2, 0) is 4.79 Å². The van der Waals surface area contributed by atoms with Crippen LogP contribution in [0, 0.1) is 11.8 Å². The molecule has 1 saturated heterocycles. The number of hydrogen-bond acceptors (Lipinski definition) is 3. The van der Waals surface area contributed by atoms with Gasteiger partial charge in [0, 0.05) is 6.54 Å². The molecule has 3 nitrogen and oxygen atoms in total. The average Bonchev–Trinajstić information content (AvgIpc) is 2.26. The van der Waals surface area contributed by atoms with Gasteiger partial charge in [-0.3, -0.25) is 4.79 Å². The van der Waals surface area contributed by atoms with Crippen molar-refractivity contribution in [1.29, 1.82) is 0 Å². The van der Waals surface area contributed by atoms with E-state index in [4.69, 9.17) is 5.73 Å². The first-order chi connectivity index (χ1) is 7.11. The normalized spacial score (nSPS) is 20.3. The molecular weight excluding hydrogens is 208 g/mol. The summed E-state index contributed by atoms with van der Waals surface area (Å²) in [4.78, 5) is 11.6. The summed E-state index contributed by atoms with van der Waals surface area (Å²) >= 11 is 2.01. The fourth-order valence-electron chi connectivity index (χ4n) is 1.62. The Labute approximate surface area is 96.6 Å². The maximum atomic E-state index is 11.6. The number of amides is 1. The van der Waals surface area contributed by atoms with Crippen LogP contribution in [0.3, 0.4) is 0 Å². The van der Waals surface area contributed by atoms with Crippen LogP contribution >= 0.6 is 11.8 Å². The molecule has 0 saturated carbocycles. The largest absolute Gasteiger partial charge is 0.354 e. The van der Waals surface area contributed by atoms with Gasteiger partial charge in [0.25, 0.3) is 0 Å². The molecule has 1 unspecified atom stereocenters. The molecule has 0 aromatic carbocycles. The molecule has 1 aliphatic rings. The lowest BCUT2D eigenvalue weighted by molar-refractivity contribution is -0.123. The standard InChI is InChI=1S/C11H22N2OS/c1-8(2)10(12)11(14)13-7-9-3-5-15-6-4-9/h8-10H,3-7,12H2,1-2H3,(H,13,14). The van der Waals surface area contributed by atoms with Crippen LogP contribution in [-0.4, -0.2) is 30.0 Å². The second kappa shape index (κ2) is 6.38. The van der Waals surface area contributed by atoms with Gasteiger partial charge in [-0.2, -0.15) is 11.8 Å². The number of hydrogen-bond donors (Lipinski definition) is 2. The lowest BCUT2D eigenvalue weighted by atomic mass is 10.0. The summed E-state index contributed by atoms with van der Waals surface area (Å²) in [6, 6.07) is -0.358. The van der Waals surface area contributed by atoms with Gasteiger partial charge in [0.05, 0.1) is 6.04 Å². The molecule has 1 atom stereocenters. The lowest BCUT2D eigenvalue weighted by Crippen LogP contribution is -2.45. The number of carbonyl (C=O) groups excluding carboxylic acids is 1. The SMILES string of the molecule is CC(C)C(N)C(=O)NCC1CCSCC1. The second-order valence-corrected chi connectivity index (χ2v) is 5.80. The molecule has 15 heavy (non-hydrogen) atoms. The third kappa shape index (κ3) is 4.43. The first-order valence-electron chi connectivity index (χ1n) is 5.72. The fraction of sp³-hybridized carbons (Fsp3) is 0.909. The molecule has 1 aliphatic heterocycles. The van der Waals surface area contributed by atoms with E-state index in [0.29, 0.717) is 5.92 Å². The van der Waals surface area contributed by atoms with Crippen LogP contribution in [0.4, 0.5) is 0 Å². The number of thioether (sulfide) groups is 1. The molecule has 88 valence electrons. The van der Waals surface area contributed by atoms with Gasteiger partial charge in [0.2, 0.25) is 5.91 Å². The van der Waals surface area contributed by atoms with Gasteiger partial charge in [-0.05, 0) is 36.2 Å². The van der Waals surface area contributed by atoms with Gasteiger partial charge in [0.15, 0.2) is 0 Å². The Balaban J connectivity index is 2.20. The molecule has 1 heterocycles. The van der Waals surface area contributed by atoms with Gasteiger partial charge >= 0.3 is 0 Å². The van der Waals surface area contributed by atoms with E-state index in [1.54, 1.807) is 0 Å². The minimum Gasteiger partial charge on any atom is -0.354 e. The van der Waals surface area contributed by atoms with Crippen LogP contribution < -0.4 is 11.1 Å². The maximum absolute atomic E-state index is 11.6. The zero-order chi connectivity index (χ0) is 11.3. The minimum atomic E-state index is -0.358. The molecule has 0 aliphatic carbocycles. The predicted octanol–water partition coefficient (Wildman–Crippen LogP) is 1.23. The number of nitrogens with one attached hydrogen (secondary N) is 1. The molecule has 0 aromatic rings. The molecule has 1 amide bonds. The topological polar surface area (TPSA) is 55.1 Å². The van der Waals surface area contributed by atoms with Crippen molar-refractivity contribution in [3.05, 3.63) is 0 Å². The van der Waals surface area contributed by atoms with Crippen molar-refractivity contribution in [2.45, 2.75) is 32.7 Å². The monoisotopic (exact) mass is 230 g/mol. The van der Waals surface area contributed by atoms with Crippen LogP contribution in [0.25, 0.3) is 0 Å². The molecule has 0 aromatic heterocycles. The van der Waals surface area contributed by atoms with Gasteiger partial charge < -0.3 is 11.1 Å². The first kappa shape index (κ1) is 12.8. The summed E-state index contributed by atoms with van der Waals surface area (Å²) in [6.45, 7) is 4.75. The first-order valence-corrected chi connectivity index (χ1v) is 6.87. The highest BCUT2D eigenvalue weighted by molar-refractivity contribution is 7.99. The van der Waals surface area contributed by atoms with E-state index in [1.807, 2.05) is 25.6 Å². The van der Waals surface area contributed by atoms with Crippen molar-refractivity contribution in [3.8, 4) is 0 Å². The highest BCUT2D eigenvalue weighted by Crippen LogP contribution is 2.21. The van der Waals surface area contributed by atoms with Crippen molar-refractivity contribution < 1.29 is 4.79 Å². The zero-order valence-corrected chi connectivity index (χ0v) is 10.5. The molecule has 0 radical (unpaired) electrons. The molecule has 0 spiro atoms. The zero-order valence-electron chi connectivity index (χ0n) is 9.66. The van der Waals surface area contributed by atoms with E-state index in [1.165, 1.54) is 24.3 Å².